The van der Waals surface area contributed by atoms with Crippen LogP contribution in [0.4, 0.5) is 0 Å². The Kier molecular flexibility index (Phi) is 3.17. The summed E-state index contributed by atoms with van der Waals surface area (Å²) in [6.07, 6.45) is 0.300. The highest BCUT2D eigenvalue weighted by Crippen LogP contribution is 2.21. The van der Waals surface area contributed by atoms with E-state index in [4.69, 9.17) is 5.73 Å². The molecule has 2 atom stereocenters. The molecule has 0 aliphatic carbocycles. The zero-order chi connectivity index (χ0) is 10.9. The van der Waals surface area contributed by atoms with E-state index in [1.165, 1.54) is 0 Å². The Morgan fingerprint density at radius 3 is 2.50 bits per heavy atom. The van der Waals surface area contributed by atoms with Gasteiger partial charge in [0.2, 0.25) is 5.91 Å². The number of carbonyl (C=O) groups excluding carboxylic acids is 1. The average Bonchev–Trinajstić information content (AvgIpc) is 2.47. The number of likely N-dealkylation sites (tertiary alicyclic amines) is 1. The fourth-order valence-electron chi connectivity index (χ4n) is 1.51. The lowest BCUT2D eigenvalue weighted by molar-refractivity contribution is -0.134. The summed E-state index contributed by atoms with van der Waals surface area (Å²) in [5.74, 6) is -0.0472. The van der Waals surface area contributed by atoms with Crippen molar-refractivity contribution in [2.24, 2.45) is 11.1 Å². The number of aliphatic hydroxyl groups is 1. The molecule has 1 aliphatic heterocycles. The van der Waals surface area contributed by atoms with E-state index >= 15 is 0 Å². The van der Waals surface area contributed by atoms with Gasteiger partial charge in [0.15, 0.2) is 0 Å². The van der Waals surface area contributed by atoms with E-state index in [0.717, 1.165) is 0 Å². The van der Waals surface area contributed by atoms with Crippen LogP contribution in [0, 0.1) is 5.41 Å². The van der Waals surface area contributed by atoms with Crippen molar-refractivity contribution in [2.45, 2.75) is 39.3 Å². The highest BCUT2D eigenvalue weighted by Gasteiger charge is 2.34. The second-order valence-corrected chi connectivity index (χ2v) is 5.07. The van der Waals surface area contributed by atoms with Gasteiger partial charge >= 0.3 is 0 Å². The van der Waals surface area contributed by atoms with Gasteiger partial charge in [-0.05, 0) is 11.8 Å². The van der Waals surface area contributed by atoms with Crippen LogP contribution in [-0.4, -0.2) is 41.1 Å². The van der Waals surface area contributed by atoms with Gasteiger partial charge in [-0.2, -0.15) is 0 Å². The normalized spacial score (nSPS) is 25.2. The lowest BCUT2D eigenvalue weighted by Gasteiger charge is -2.29. The van der Waals surface area contributed by atoms with Crippen molar-refractivity contribution < 1.29 is 9.90 Å². The first-order valence-corrected chi connectivity index (χ1v) is 5.05. The Morgan fingerprint density at radius 2 is 2.14 bits per heavy atom. The van der Waals surface area contributed by atoms with E-state index in [1.54, 1.807) is 4.90 Å². The number of carbonyl (C=O) groups is 1. The van der Waals surface area contributed by atoms with Gasteiger partial charge in [-0.25, -0.2) is 0 Å². The molecule has 1 fully saturated rings. The number of amides is 1. The Balaban J connectivity index is 2.57. The highest BCUT2D eigenvalue weighted by molar-refractivity contribution is 5.82. The fourth-order valence-corrected chi connectivity index (χ4v) is 1.51. The summed E-state index contributed by atoms with van der Waals surface area (Å²) in [6, 6.07) is -0.479. The number of hydrogen-bond acceptors (Lipinski definition) is 3. The lowest BCUT2D eigenvalue weighted by Crippen LogP contribution is -2.49. The van der Waals surface area contributed by atoms with Crippen LogP contribution in [0.1, 0.15) is 27.2 Å². The Labute approximate surface area is 85.1 Å². The average molecular weight is 200 g/mol. The summed E-state index contributed by atoms with van der Waals surface area (Å²) in [5.41, 5.74) is 5.63. The highest BCUT2D eigenvalue weighted by atomic mass is 16.3. The van der Waals surface area contributed by atoms with Gasteiger partial charge in [0, 0.05) is 13.1 Å². The van der Waals surface area contributed by atoms with Crippen molar-refractivity contribution in [3.8, 4) is 0 Å². The first-order chi connectivity index (χ1) is 6.32. The maximum atomic E-state index is 11.8. The predicted molar refractivity (Wildman–Crippen MR) is 54.6 cm³/mol. The number of nitrogens with two attached hydrogens (primary N) is 1. The second-order valence-electron chi connectivity index (χ2n) is 5.07. The molecule has 4 nitrogen and oxygen atoms in total. The molecule has 0 saturated carbocycles. The molecular weight excluding hydrogens is 180 g/mol. The van der Waals surface area contributed by atoms with Crippen molar-refractivity contribution >= 4 is 5.91 Å². The smallest absolute Gasteiger partial charge is 0.240 e. The van der Waals surface area contributed by atoms with Crippen LogP contribution in [0.15, 0.2) is 0 Å². The van der Waals surface area contributed by atoms with Gasteiger partial charge in [-0.3, -0.25) is 4.79 Å². The van der Waals surface area contributed by atoms with E-state index in [2.05, 4.69) is 0 Å². The van der Waals surface area contributed by atoms with Crippen molar-refractivity contribution in [1.82, 2.24) is 4.90 Å². The number of aliphatic hydroxyl groups excluding tert-OH is 1. The molecule has 0 aromatic rings. The molecular formula is C10H20N2O2. The quantitative estimate of drug-likeness (QED) is 0.624. The zero-order valence-corrected chi connectivity index (χ0v) is 9.16. The third kappa shape index (κ3) is 2.45. The molecule has 1 heterocycles. The molecule has 0 aromatic carbocycles. The Morgan fingerprint density at radius 1 is 1.57 bits per heavy atom. The summed E-state index contributed by atoms with van der Waals surface area (Å²) in [5, 5.41) is 9.30. The van der Waals surface area contributed by atoms with E-state index in [-0.39, 0.29) is 17.4 Å². The Hall–Kier alpha value is -0.610. The molecule has 1 saturated heterocycles. The molecule has 3 N–H and O–H groups in total. The van der Waals surface area contributed by atoms with E-state index in [1.807, 2.05) is 20.8 Å². The van der Waals surface area contributed by atoms with E-state index < -0.39 is 6.04 Å². The van der Waals surface area contributed by atoms with Crippen molar-refractivity contribution in [2.75, 3.05) is 13.1 Å². The minimum absolute atomic E-state index is 0.0472. The maximum Gasteiger partial charge on any atom is 0.240 e. The third-order valence-electron chi connectivity index (χ3n) is 2.67. The monoisotopic (exact) mass is 200 g/mol. The van der Waals surface area contributed by atoms with Crippen molar-refractivity contribution in [1.29, 1.82) is 0 Å². The molecule has 1 rings (SSSR count). The summed E-state index contributed by atoms with van der Waals surface area (Å²) < 4.78 is 0. The molecule has 0 radical (unpaired) electrons. The van der Waals surface area contributed by atoms with Gasteiger partial charge in [-0.1, -0.05) is 20.8 Å². The zero-order valence-electron chi connectivity index (χ0n) is 9.16. The first kappa shape index (κ1) is 11.5. The third-order valence-corrected chi connectivity index (χ3v) is 2.67. The largest absolute Gasteiger partial charge is 0.391 e. The molecule has 0 aromatic heterocycles. The van der Waals surface area contributed by atoms with E-state index in [0.29, 0.717) is 19.5 Å². The van der Waals surface area contributed by atoms with Crippen LogP contribution in [-0.2, 0) is 4.79 Å². The number of nitrogens with zero attached hydrogens (tertiary/aromatic N) is 1. The molecule has 0 spiro atoms. The lowest BCUT2D eigenvalue weighted by atomic mass is 9.86. The first-order valence-electron chi connectivity index (χ1n) is 5.05. The molecule has 0 bridgehead atoms. The SMILES string of the molecule is CC(C)(C)[C@@H](N)C(=O)N1CC[C@H](O)C1. The molecule has 82 valence electrons. The van der Waals surface area contributed by atoms with Gasteiger partial charge in [-0.15, -0.1) is 0 Å². The van der Waals surface area contributed by atoms with Crippen molar-refractivity contribution in [3.63, 3.8) is 0 Å². The van der Waals surface area contributed by atoms with E-state index in [9.17, 15) is 9.90 Å². The Bertz CT molecular complexity index is 223. The minimum atomic E-state index is -0.479. The topological polar surface area (TPSA) is 66.6 Å². The molecule has 1 amide bonds. The van der Waals surface area contributed by atoms with Gasteiger partial charge < -0.3 is 15.7 Å². The predicted octanol–water partition coefficient (Wildman–Crippen LogP) is -0.0470. The van der Waals surface area contributed by atoms with Gasteiger partial charge in [0.25, 0.3) is 0 Å². The number of hydrogen-bond donors (Lipinski definition) is 2. The second kappa shape index (κ2) is 3.87. The van der Waals surface area contributed by atoms with Gasteiger partial charge in [0.05, 0.1) is 12.1 Å². The van der Waals surface area contributed by atoms with Gasteiger partial charge in [0.1, 0.15) is 0 Å². The van der Waals surface area contributed by atoms with Crippen LogP contribution < -0.4 is 5.73 Å². The standard InChI is InChI=1S/C10H20N2O2/c1-10(2,3)8(11)9(14)12-5-4-7(13)6-12/h7-8,13H,4-6,11H2,1-3H3/t7-,8-/m0/s1. The van der Waals surface area contributed by atoms with Crippen LogP contribution in [0.5, 0.6) is 0 Å². The van der Waals surface area contributed by atoms with Crippen molar-refractivity contribution in [3.05, 3.63) is 0 Å². The molecule has 4 heteroatoms. The van der Waals surface area contributed by atoms with Crippen LogP contribution >= 0.6 is 0 Å². The molecule has 14 heavy (non-hydrogen) atoms. The minimum Gasteiger partial charge on any atom is -0.391 e. The molecule has 0 unspecified atom stereocenters. The fraction of sp³-hybridized carbons (Fsp3) is 0.900. The number of rotatable bonds is 1. The molecule has 1 aliphatic rings. The summed E-state index contributed by atoms with van der Waals surface area (Å²) in [4.78, 5) is 13.5. The maximum absolute atomic E-state index is 11.8. The summed E-state index contributed by atoms with van der Waals surface area (Å²) >= 11 is 0. The van der Waals surface area contributed by atoms with Crippen LogP contribution in [0.2, 0.25) is 0 Å². The van der Waals surface area contributed by atoms with Crippen LogP contribution in [0.25, 0.3) is 0 Å². The summed E-state index contributed by atoms with van der Waals surface area (Å²) in [6.45, 7) is 6.90. The summed E-state index contributed by atoms with van der Waals surface area (Å²) in [7, 11) is 0. The van der Waals surface area contributed by atoms with Crippen LogP contribution in [0.3, 0.4) is 0 Å². The number of β-amino-alcohol motifs (C(OH)–C–C–N with tert-alkyl or cyclic N) is 1.